The largest absolute Gasteiger partial charge is 0.409 e. The van der Waals surface area contributed by atoms with E-state index in [1.165, 1.54) is 4.31 Å². The predicted octanol–water partition coefficient (Wildman–Crippen LogP) is 0.858. The van der Waals surface area contributed by atoms with E-state index in [1.54, 1.807) is 0 Å². The maximum Gasteiger partial charge on any atom is 0.280 e. The fourth-order valence-corrected chi connectivity index (χ4v) is 4.42. The second-order valence-corrected chi connectivity index (χ2v) is 7.16. The van der Waals surface area contributed by atoms with Crippen LogP contribution >= 0.6 is 0 Å². The molecule has 0 spiro atoms. The van der Waals surface area contributed by atoms with Crippen LogP contribution in [0.5, 0.6) is 0 Å². The third-order valence-electron chi connectivity index (χ3n) is 4.09. The predicted molar refractivity (Wildman–Crippen MR) is 78.7 cm³/mol. The smallest absolute Gasteiger partial charge is 0.280 e. The van der Waals surface area contributed by atoms with Gasteiger partial charge in [-0.1, -0.05) is 25.9 Å². The minimum absolute atomic E-state index is 0.101. The van der Waals surface area contributed by atoms with E-state index < -0.39 is 15.7 Å². The van der Waals surface area contributed by atoms with Crippen LogP contribution in [-0.2, 0) is 10.2 Å². The first-order valence-electron chi connectivity index (χ1n) is 7.08. The van der Waals surface area contributed by atoms with Crippen molar-refractivity contribution >= 4 is 16.0 Å². The molecule has 1 aliphatic rings. The molecule has 1 aliphatic heterocycles. The monoisotopic (exact) mass is 306 g/mol. The lowest BCUT2D eigenvalue weighted by Crippen LogP contribution is -2.60. The van der Waals surface area contributed by atoms with E-state index in [9.17, 15) is 8.42 Å². The Kier molecular flexibility index (Phi) is 5.79. The van der Waals surface area contributed by atoms with E-state index in [-0.39, 0.29) is 5.84 Å². The highest BCUT2D eigenvalue weighted by Crippen LogP contribution is 2.22. The van der Waals surface area contributed by atoms with Crippen molar-refractivity contribution in [2.75, 3.05) is 13.1 Å². The number of amidine groups is 1. The van der Waals surface area contributed by atoms with Crippen molar-refractivity contribution in [2.45, 2.75) is 52.0 Å². The van der Waals surface area contributed by atoms with Gasteiger partial charge < -0.3 is 10.9 Å². The molecule has 1 unspecified atom stereocenters. The summed E-state index contributed by atoms with van der Waals surface area (Å²) >= 11 is 0. The fourth-order valence-electron chi connectivity index (χ4n) is 2.58. The topological polar surface area (TPSA) is 108 Å². The molecular weight excluding hydrogens is 280 g/mol. The van der Waals surface area contributed by atoms with E-state index >= 15 is 0 Å². The summed E-state index contributed by atoms with van der Waals surface area (Å²) in [7, 11) is -3.64. The fraction of sp³-hybridized carbons (Fsp3) is 0.917. The van der Waals surface area contributed by atoms with Gasteiger partial charge in [-0.25, -0.2) is 0 Å². The van der Waals surface area contributed by atoms with Gasteiger partial charge in [-0.2, -0.15) is 17.4 Å². The Bertz CT molecular complexity index is 446. The number of rotatable bonds is 6. The molecule has 0 bridgehead atoms. The lowest BCUT2D eigenvalue weighted by Gasteiger charge is -2.36. The van der Waals surface area contributed by atoms with Gasteiger partial charge in [0.15, 0.2) is 5.84 Å². The van der Waals surface area contributed by atoms with Crippen molar-refractivity contribution in [1.82, 2.24) is 9.03 Å². The first kappa shape index (κ1) is 17.2. The first-order valence-corrected chi connectivity index (χ1v) is 8.52. The van der Waals surface area contributed by atoms with Gasteiger partial charge >= 0.3 is 0 Å². The molecule has 20 heavy (non-hydrogen) atoms. The Balaban J connectivity index is 2.97. The zero-order chi connectivity index (χ0) is 15.4. The van der Waals surface area contributed by atoms with Crippen LogP contribution in [-0.4, -0.2) is 42.4 Å². The molecule has 0 aliphatic carbocycles. The number of nitrogens with zero attached hydrogens (tertiary/aromatic N) is 2. The average molecular weight is 306 g/mol. The first-order chi connectivity index (χ1) is 9.31. The van der Waals surface area contributed by atoms with Crippen LogP contribution in [0.25, 0.3) is 0 Å². The van der Waals surface area contributed by atoms with Crippen LogP contribution in [0.4, 0.5) is 0 Å². The standard InChI is InChI=1S/C12H26N4O3S/c1-4-12(5-2,11(13)14-17)15-20(18,19)16-8-6-7-10(3)9-16/h10,15,17H,4-9H2,1-3H3,(H2,13,14). The number of nitrogens with one attached hydrogen (secondary N) is 1. The number of oxime groups is 1. The molecule has 1 atom stereocenters. The third kappa shape index (κ3) is 3.62. The average Bonchev–Trinajstić information content (AvgIpc) is 2.44. The molecule has 7 nitrogen and oxygen atoms in total. The highest BCUT2D eigenvalue weighted by molar-refractivity contribution is 7.87. The summed E-state index contributed by atoms with van der Waals surface area (Å²) in [4.78, 5) is 0. The van der Waals surface area contributed by atoms with Crippen molar-refractivity contribution in [2.24, 2.45) is 16.8 Å². The zero-order valence-corrected chi connectivity index (χ0v) is 13.3. The Hall–Kier alpha value is -0.860. The summed E-state index contributed by atoms with van der Waals surface area (Å²) in [6.45, 7) is 6.68. The molecule has 0 aromatic carbocycles. The third-order valence-corrected chi connectivity index (χ3v) is 5.75. The summed E-state index contributed by atoms with van der Waals surface area (Å²) < 4.78 is 29.1. The summed E-state index contributed by atoms with van der Waals surface area (Å²) in [6, 6.07) is 0. The van der Waals surface area contributed by atoms with Crippen molar-refractivity contribution in [1.29, 1.82) is 0 Å². The summed E-state index contributed by atoms with van der Waals surface area (Å²) in [5, 5.41) is 11.9. The maximum absolute atomic E-state index is 12.5. The minimum Gasteiger partial charge on any atom is -0.409 e. The second-order valence-electron chi connectivity index (χ2n) is 5.49. The number of nitrogens with two attached hydrogens (primary N) is 1. The van der Waals surface area contributed by atoms with Crippen LogP contribution in [0.2, 0.25) is 0 Å². The van der Waals surface area contributed by atoms with Crippen molar-refractivity contribution in [3.63, 3.8) is 0 Å². The van der Waals surface area contributed by atoms with Crippen LogP contribution in [0.1, 0.15) is 46.5 Å². The summed E-state index contributed by atoms with van der Waals surface area (Å²) in [5.74, 6) is 0.248. The molecular formula is C12H26N4O3S. The molecule has 118 valence electrons. The van der Waals surface area contributed by atoms with Crippen LogP contribution < -0.4 is 10.5 Å². The molecule has 4 N–H and O–H groups in total. The van der Waals surface area contributed by atoms with Gasteiger partial charge in [0.25, 0.3) is 10.2 Å². The molecule has 0 aromatic heterocycles. The highest BCUT2D eigenvalue weighted by Gasteiger charge is 2.39. The van der Waals surface area contributed by atoms with E-state index in [1.807, 2.05) is 20.8 Å². The molecule has 1 rings (SSSR count). The van der Waals surface area contributed by atoms with Gasteiger partial charge in [0.1, 0.15) is 0 Å². The van der Waals surface area contributed by atoms with Gasteiger partial charge in [0.05, 0.1) is 5.54 Å². The van der Waals surface area contributed by atoms with E-state index in [2.05, 4.69) is 9.88 Å². The van der Waals surface area contributed by atoms with E-state index in [0.29, 0.717) is 31.8 Å². The Morgan fingerprint density at radius 2 is 2.10 bits per heavy atom. The SMILES string of the molecule is CCC(CC)(NS(=O)(=O)N1CCCC(C)C1)/C(N)=N/O. The normalized spacial score (nSPS) is 22.9. The zero-order valence-electron chi connectivity index (χ0n) is 12.5. The summed E-state index contributed by atoms with van der Waals surface area (Å²) in [5.41, 5.74) is 4.66. The lowest BCUT2D eigenvalue weighted by molar-refractivity contribution is 0.272. The van der Waals surface area contributed by atoms with Crippen LogP contribution in [0.3, 0.4) is 0 Å². The number of piperidine rings is 1. The number of hydrogen-bond donors (Lipinski definition) is 3. The van der Waals surface area contributed by atoms with E-state index in [0.717, 1.165) is 12.8 Å². The Labute approximate surface area is 121 Å². The second kappa shape index (κ2) is 6.73. The lowest BCUT2D eigenvalue weighted by atomic mass is 9.93. The number of hydrogen-bond acceptors (Lipinski definition) is 4. The van der Waals surface area contributed by atoms with Crippen molar-refractivity contribution in [3.05, 3.63) is 0 Å². The Morgan fingerprint density at radius 1 is 1.50 bits per heavy atom. The summed E-state index contributed by atoms with van der Waals surface area (Å²) in [6.07, 6.45) is 2.74. The molecule has 0 aromatic rings. The Morgan fingerprint density at radius 3 is 2.55 bits per heavy atom. The van der Waals surface area contributed by atoms with Gasteiger partial charge in [-0.3, -0.25) is 0 Å². The van der Waals surface area contributed by atoms with Crippen LogP contribution in [0, 0.1) is 5.92 Å². The maximum atomic E-state index is 12.5. The minimum atomic E-state index is -3.64. The molecule has 1 saturated heterocycles. The quantitative estimate of drug-likeness (QED) is 0.293. The van der Waals surface area contributed by atoms with Gasteiger partial charge in [0, 0.05) is 13.1 Å². The molecule has 0 amide bonds. The van der Waals surface area contributed by atoms with Crippen molar-refractivity contribution < 1.29 is 13.6 Å². The molecule has 1 fully saturated rings. The van der Waals surface area contributed by atoms with Gasteiger partial charge in [0.2, 0.25) is 0 Å². The molecule has 1 heterocycles. The molecule has 0 saturated carbocycles. The molecule has 8 heteroatoms. The van der Waals surface area contributed by atoms with Crippen molar-refractivity contribution in [3.8, 4) is 0 Å². The van der Waals surface area contributed by atoms with Gasteiger partial charge in [-0.05, 0) is 31.6 Å². The highest BCUT2D eigenvalue weighted by atomic mass is 32.2. The van der Waals surface area contributed by atoms with E-state index in [4.69, 9.17) is 10.9 Å². The van der Waals surface area contributed by atoms with Gasteiger partial charge in [-0.15, -0.1) is 0 Å². The van der Waals surface area contributed by atoms with Crippen LogP contribution in [0.15, 0.2) is 5.16 Å². The molecule has 0 radical (unpaired) electrons.